The maximum absolute atomic E-state index is 14.1. The lowest BCUT2D eigenvalue weighted by atomic mass is 9.82. The Morgan fingerprint density at radius 1 is 1.08 bits per heavy atom. The molecule has 4 rings (SSSR count). The fraction of sp³-hybridized carbons (Fsp3) is 0.452. The zero-order chi connectivity index (χ0) is 28.2. The van der Waals surface area contributed by atoms with Gasteiger partial charge in [0, 0.05) is 42.5 Å². The maximum atomic E-state index is 14.1. The third-order valence-electron chi connectivity index (χ3n) is 7.47. The highest BCUT2D eigenvalue weighted by Gasteiger charge is 2.41. The van der Waals surface area contributed by atoms with Gasteiger partial charge in [-0.25, -0.2) is 0 Å². The number of likely N-dealkylation sites (tertiary alicyclic amines) is 1. The van der Waals surface area contributed by atoms with Crippen LogP contribution in [0.25, 0.3) is 10.9 Å². The molecule has 0 bridgehead atoms. The molecule has 3 amide bonds. The van der Waals surface area contributed by atoms with Crippen LogP contribution in [-0.2, 0) is 27.2 Å². The van der Waals surface area contributed by atoms with Crippen LogP contribution >= 0.6 is 0 Å². The largest absolute Gasteiger partial charge is 0.361 e. The molecule has 0 spiro atoms. The second-order valence-electron chi connectivity index (χ2n) is 11.8. The lowest BCUT2D eigenvalue weighted by Crippen LogP contribution is -2.64. The van der Waals surface area contributed by atoms with Crippen molar-refractivity contribution in [3.8, 4) is 0 Å². The van der Waals surface area contributed by atoms with Crippen LogP contribution < -0.4 is 16.4 Å². The standard InChI is InChI=1S/C31H41N5O3/c1-21(2)27(37)35-31(18-22-11-6-5-7-12-22)15-10-16-36(20-31)28(38)26(34-29(39)30(3,4)32)17-23-19-33-25-14-9-8-13-24(23)25/h5-9,11-14,19,21,26,33H,10,15-18,20,32H2,1-4H3,(H,34,39)(H,35,37)/t26-,31?/m1/s1. The van der Waals surface area contributed by atoms with Gasteiger partial charge in [-0.2, -0.15) is 0 Å². The quantitative estimate of drug-likeness (QED) is 0.339. The van der Waals surface area contributed by atoms with Crippen molar-refractivity contribution in [1.82, 2.24) is 20.5 Å². The van der Waals surface area contributed by atoms with E-state index in [0.717, 1.165) is 34.9 Å². The number of nitrogens with zero attached hydrogens (tertiary/aromatic N) is 1. The maximum Gasteiger partial charge on any atom is 0.245 e. The number of hydrogen-bond acceptors (Lipinski definition) is 4. The Kier molecular flexibility index (Phi) is 8.45. The van der Waals surface area contributed by atoms with E-state index in [-0.39, 0.29) is 23.6 Å². The molecule has 0 saturated carbocycles. The van der Waals surface area contributed by atoms with Gasteiger partial charge in [0.05, 0.1) is 11.1 Å². The van der Waals surface area contributed by atoms with Crippen molar-refractivity contribution in [3.05, 3.63) is 71.9 Å². The summed E-state index contributed by atoms with van der Waals surface area (Å²) in [5, 5.41) is 7.24. The van der Waals surface area contributed by atoms with Crippen molar-refractivity contribution < 1.29 is 14.4 Å². The first-order valence-corrected chi connectivity index (χ1v) is 13.8. The van der Waals surface area contributed by atoms with Gasteiger partial charge in [-0.05, 0) is 50.3 Å². The van der Waals surface area contributed by atoms with E-state index in [1.165, 1.54) is 0 Å². The van der Waals surface area contributed by atoms with Crippen molar-refractivity contribution in [2.75, 3.05) is 13.1 Å². The van der Waals surface area contributed by atoms with Crippen LogP contribution in [-0.4, -0.2) is 57.8 Å². The Hall–Kier alpha value is -3.65. The van der Waals surface area contributed by atoms with E-state index < -0.39 is 17.1 Å². The lowest BCUT2D eigenvalue weighted by Gasteiger charge is -2.45. The van der Waals surface area contributed by atoms with Crippen LogP contribution in [0.4, 0.5) is 0 Å². The van der Waals surface area contributed by atoms with Crippen LogP contribution in [0.15, 0.2) is 60.8 Å². The summed E-state index contributed by atoms with van der Waals surface area (Å²) < 4.78 is 0. The highest BCUT2D eigenvalue weighted by molar-refractivity contribution is 5.92. The van der Waals surface area contributed by atoms with E-state index in [0.29, 0.717) is 25.9 Å². The summed E-state index contributed by atoms with van der Waals surface area (Å²) in [6.45, 7) is 7.92. The molecule has 3 aromatic rings. The van der Waals surface area contributed by atoms with Gasteiger partial charge in [0.15, 0.2) is 0 Å². The topological polar surface area (TPSA) is 120 Å². The molecule has 1 aliphatic heterocycles. The minimum absolute atomic E-state index is 0.0336. The van der Waals surface area contributed by atoms with Crippen LogP contribution in [0, 0.1) is 5.92 Å². The van der Waals surface area contributed by atoms with Gasteiger partial charge in [-0.15, -0.1) is 0 Å². The Morgan fingerprint density at radius 3 is 2.46 bits per heavy atom. The molecule has 39 heavy (non-hydrogen) atoms. The van der Waals surface area contributed by atoms with E-state index in [9.17, 15) is 14.4 Å². The Bertz CT molecular complexity index is 1310. The highest BCUT2D eigenvalue weighted by atomic mass is 16.2. The number of amides is 3. The predicted octanol–water partition coefficient (Wildman–Crippen LogP) is 3.31. The summed E-state index contributed by atoms with van der Waals surface area (Å²) in [4.78, 5) is 45.1. The van der Waals surface area contributed by atoms with Gasteiger partial charge >= 0.3 is 0 Å². The van der Waals surface area contributed by atoms with Gasteiger partial charge < -0.3 is 26.3 Å². The van der Waals surface area contributed by atoms with Crippen molar-refractivity contribution in [3.63, 3.8) is 0 Å². The Balaban J connectivity index is 1.63. The molecule has 1 aliphatic rings. The highest BCUT2D eigenvalue weighted by Crippen LogP contribution is 2.28. The van der Waals surface area contributed by atoms with Gasteiger partial charge in [0.2, 0.25) is 17.7 Å². The van der Waals surface area contributed by atoms with Crippen molar-refractivity contribution in [2.24, 2.45) is 11.7 Å². The number of nitrogens with two attached hydrogens (primary N) is 1. The number of benzene rings is 2. The molecule has 1 fully saturated rings. The summed E-state index contributed by atoms with van der Waals surface area (Å²) in [6, 6.07) is 17.1. The number of aromatic amines is 1. The van der Waals surface area contributed by atoms with E-state index in [4.69, 9.17) is 5.73 Å². The molecule has 2 atom stereocenters. The summed E-state index contributed by atoms with van der Waals surface area (Å²) in [7, 11) is 0. The number of H-pyrrole nitrogens is 1. The van der Waals surface area contributed by atoms with Gasteiger partial charge in [-0.3, -0.25) is 14.4 Å². The third-order valence-corrected chi connectivity index (χ3v) is 7.47. The normalized spacial score (nSPS) is 18.7. The molecule has 1 saturated heterocycles. The summed E-state index contributed by atoms with van der Waals surface area (Å²) in [5.41, 5.74) is 7.38. The zero-order valence-corrected chi connectivity index (χ0v) is 23.4. The second kappa shape index (κ2) is 11.6. The van der Waals surface area contributed by atoms with Crippen LogP contribution in [0.1, 0.15) is 51.7 Å². The zero-order valence-electron chi connectivity index (χ0n) is 23.4. The summed E-state index contributed by atoms with van der Waals surface area (Å²) in [5.74, 6) is -0.770. The average Bonchev–Trinajstić information content (AvgIpc) is 3.30. The molecular formula is C31H41N5O3. The molecule has 2 heterocycles. The Morgan fingerprint density at radius 2 is 1.77 bits per heavy atom. The third kappa shape index (κ3) is 6.87. The molecule has 2 aromatic carbocycles. The second-order valence-corrected chi connectivity index (χ2v) is 11.8. The Labute approximate surface area is 230 Å². The van der Waals surface area contributed by atoms with Crippen molar-refractivity contribution >= 4 is 28.6 Å². The summed E-state index contributed by atoms with van der Waals surface area (Å²) >= 11 is 0. The first-order valence-electron chi connectivity index (χ1n) is 13.8. The molecule has 0 aliphatic carbocycles. The van der Waals surface area contributed by atoms with Gasteiger partial charge in [0.1, 0.15) is 6.04 Å². The lowest BCUT2D eigenvalue weighted by molar-refractivity contribution is -0.140. The van der Waals surface area contributed by atoms with Gasteiger partial charge in [0.25, 0.3) is 0 Å². The minimum atomic E-state index is -1.14. The van der Waals surface area contributed by atoms with Crippen molar-refractivity contribution in [1.29, 1.82) is 0 Å². The average molecular weight is 532 g/mol. The number of carbonyl (C=O) groups excluding carboxylic acids is 3. The molecule has 1 aromatic heterocycles. The first-order chi connectivity index (χ1) is 18.5. The number of hydrogen-bond donors (Lipinski definition) is 4. The van der Waals surface area contributed by atoms with E-state index in [2.05, 4.69) is 15.6 Å². The molecule has 8 nitrogen and oxygen atoms in total. The summed E-state index contributed by atoms with van der Waals surface area (Å²) in [6.07, 6.45) is 4.34. The first kappa shape index (κ1) is 28.4. The molecule has 0 radical (unpaired) electrons. The fourth-order valence-electron chi connectivity index (χ4n) is 5.29. The molecular weight excluding hydrogens is 490 g/mol. The van der Waals surface area contributed by atoms with E-state index >= 15 is 0 Å². The predicted molar refractivity (Wildman–Crippen MR) is 154 cm³/mol. The van der Waals surface area contributed by atoms with Crippen LogP contribution in [0.3, 0.4) is 0 Å². The molecule has 208 valence electrons. The van der Waals surface area contributed by atoms with E-state index in [1.54, 1.807) is 18.7 Å². The minimum Gasteiger partial charge on any atom is -0.361 e. The molecule has 5 N–H and O–H groups in total. The number of nitrogens with one attached hydrogen (secondary N) is 3. The number of rotatable bonds is 9. The smallest absolute Gasteiger partial charge is 0.245 e. The number of para-hydroxylation sites is 1. The van der Waals surface area contributed by atoms with Gasteiger partial charge in [-0.1, -0.05) is 62.4 Å². The fourth-order valence-corrected chi connectivity index (χ4v) is 5.29. The van der Waals surface area contributed by atoms with Crippen LogP contribution in [0.5, 0.6) is 0 Å². The van der Waals surface area contributed by atoms with Crippen molar-refractivity contribution in [2.45, 2.75) is 70.5 Å². The number of piperidine rings is 1. The molecule has 8 heteroatoms. The number of carbonyl (C=O) groups is 3. The number of fused-ring (bicyclic) bond motifs is 1. The monoisotopic (exact) mass is 531 g/mol. The number of aromatic nitrogens is 1. The van der Waals surface area contributed by atoms with Crippen LogP contribution in [0.2, 0.25) is 0 Å². The molecule has 1 unspecified atom stereocenters. The SMILES string of the molecule is CC(C)C(=O)NC1(Cc2ccccc2)CCCN(C(=O)[C@@H](Cc2c[nH]c3ccccc23)NC(=O)C(C)(C)N)C1. The van der Waals surface area contributed by atoms with E-state index in [1.807, 2.05) is 74.6 Å².